The van der Waals surface area contributed by atoms with E-state index in [-0.39, 0.29) is 5.92 Å². The molecule has 0 saturated heterocycles. The first-order chi connectivity index (χ1) is 29.8. The van der Waals surface area contributed by atoms with E-state index in [1.165, 1.54) is 71.4 Å². The Balaban J connectivity index is 1.34. The van der Waals surface area contributed by atoms with Crippen LogP contribution in [0.3, 0.4) is 0 Å². The molecule has 0 fully saturated rings. The molecule has 0 aliphatic heterocycles. The third kappa shape index (κ3) is 6.96. The number of anilines is 6. The fraction of sp³-hybridized carbons (Fsp3) is 0.153. The first kappa shape index (κ1) is 38.3. The van der Waals surface area contributed by atoms with Crippen molar-refractivity contribution >= 4 is 66.4 Å². The Morgan fingerprint density at radius 2 is 0.902 bits per heavy atom. The van der Waals surface area contributed by atoms with Crippen molar-refractivity contribution in [1.29, 1.82) is 0 Å². The SMILES string of the molecule is CC1=CCC(c2cc(N(c3ccccc3)c3ccc(C(C)C)cc3)c3ccc4c(-c5ccccc5)cc(N(c5ccccc5)c5ccc(C(C)C)cc5)c5ccc2c3c45)C=C1. The number of rotatable bonds is 10. The molecule has 1 atom stereocenters. The second-order valence-corrected chi connectivity index (χ2v) is 17.3. The number of benzene rings is 9. The lowest BCUT2D eigenvalue weighted by atomic mass is 9.82. The monoisotopic (exact) mass is 788 g/mol. The molecule has 10 rings (SSSR count). The van der Waals surface area contributed by atoms with Gasteiger partial charge in [-0.15, -0.1) is 0 Å². The third-order valence-electron chi connectivity index (χ3n) is 12.8. The number of allylic oxidation sites excluding steroid dienone is 4. The first-order valence-electron chi connectivity index (χ1n) is 21.9. The standard InChI is InChI=1S/C59H52N2/c1-39(2)42-25-29-48(30-26-42)60(46-17-11-7-12-18-46)56-37-54(44-15-9-6-10-16-44)50-33-35-53-57(61(47-19-13-8-14-20-47)49-31-27-43(28-32-49)40(3)4)38-55(45-23-21-41(5)22-24-45)51-34-36-52(56)58(50)59(51)53/h6-23,25-40,45H,24H2,1-5H3. The molecule has 1 unspecified atom stereocenters. The molecule has 1 aliphatic carbocycles. The summed E-state index contributed by atoms with van der Waals surface area (Å²) >= 11 is 0. The Labute approximate surface area is 361 Å². The lowest BCUT2D eigenvalue weighted by molar-refractivity contribution is 0.853. The minimum absolute atomic E-state index is 0.237. The van der Waals surface area contributed by atoms with Gasteiger partial charge in [0.2, 0.25) is 0 Å². The maximum Gasteiger partial charge on any atom is 0.0546 e. The number of hydrogen-bond donors (Lipinski definition) is 0. The highest BCUT2D eigenvalue weighted by Gasteiger charge is 2.27. The zero-order chi connectivity index (χ0) is 41.6. The molecule has 0 spiro atoms. The molecule has 0 saturated carbocycles. The summed E-state index contributed by atoms with van der Waals surface area (Å²) in [6.07, 6.45) is 8.10. The average Bonchev–Trinajstić information content (AvgIpc) is 3.30. The summed E-state index contributed by atoms with van der Waals surface area (Å²) in [6.45, 7) is 11.3. The van der Waals surface area contributed by atoms with Gasteiger partial charge in [-0.05, 0) is 130 Å². The quantitative estimate of drug-likeness (QED) is 0.127. The van der Waals surface area contributed by atoms with Crippen LogP contribution in [0.5, 0.6) is 0 Å². The summed E-state index contributed by atoms with van der Waals surface area (Å²) in [5.41, 5.74) is 14.7. The fourth-order valence-corrected chi connectivity index (χ4v) is 9.50. The average molecular weight is 789 g/mol. The highest BCUT2D eigenvalue weighted by Crippen LogP contribution is 2.52. The summed E-state index contributed by atoms with van der Waals surface area (Å²) in [5.74, 6) is 1.14. The van der Waals surface area contributed by atoms with Crippen LogP contribution in [0.15, 0.2) is 200 Å². The van der Waals surface area contributed by atoms with Crippen LogP contribution in [0, 0.1) is 0 Å². The van der Waals surface area contributed by atoms with E-state index in [0.29, 0.717) is 11.8 Å². The van der Waals surface area contributed by atoms with Crippen LogP contribution in [-0.4, -0.2) is 0 Å². The lowest BCUT2D eigenvalue weighted by Crippen LogP contribution is -2.13. The minimum Gasteiger partial charge on any atom is -0.310 e. The van der Waals surface area contributed by atoms with Crippen molar-refractivity contribution in [2.45, 2.75) is 58.8 Å². The Kier molecular flexibility index (Phi) is 10.0. The van der Waals surface area contributed by atoms with Crippen LogP contribution < -0.4 is 9.80 Å². The second kappa shape index (κ2) is 15.9. The molecule has 1 aliphatic rings. The van der Waals surface area contributed by atoms with E-state index in [9.17, 15) is 0 Å². The predicted octanol–water partition coefficient (Wildman–Crippen LogP) is 17.4. The van der Waals surface area contributed by atoms with Crippen LogP contribution in [0.2, 0.25) is 0 Å². The zero-order valence-corrected chi connectivity index (χ0v) is 35.8. The van der Waals surface area contributed by atoms with Gasteiger partial charge < -0.3 is 9.80 Å². The molecule has 298 valence electrons. The lowest BCUT2D eigenvalue weighted by Gasteiger charge is -2.32. The van der Waals surface area contributed by atoms with E-state index in [0.717, 1.165) is 34.9 Å². The van der Waals surface area contributed by atoms with Gasteiger partial charge >= 0.3 is 0 Å². The van der Waals surface area contributed by atoms with E-state index in [4.69, 9.17) is 0 Å². The van der Waals surface area contributed by atoms with Gasteiger partial charge in [0.15, 0.2) is 0 Å². The Morgan fingerprint density at radius 3 is 1.39 bits per heavy atom. The van der Waals surface area contributed by atoms with Crippen molar-refractivity contribution in [3.05, 3.63) is 216 Å². The zero-order valence-electron chi connectivity index (χ0n) is 35.8. The first-order valence-corrected chi connectivity index (χ1v) is 21.9. The van der Waals surface area contributed by atoms with Crippen LogP contribution in [0.25, 0.3) is 43.4 Å². The van der Waals surface area contributed by atoms with Crippen LogP contribution in [0.1, 0.15) is 75.5 Å². The third-order valence-corrected chi connectivity index (χ3v) is 12.8. The highest BCUT2D eigenvalue weighted by atomic mass is 15.1. The second-order valence-electron chi connectivity index (χ2n) is 17.3. The largest absolute Gasteiger partial charge is 0.310 e. The van der Waals surface area contributed by atoms with Crippen molar-refractivity contribution in [2.75, 3.05) is 9.80 Å². The summed E-state index contributed by atoms with van der Waals surface area (Å²) in [5, 5.41) is 7.65. The number of para-hydroxylation sites is 2. The minimum atomic E-state index is 0.237. The van der Waals surface area contributed by atoms with E-state index >= 15 is 0 Å². The fourth-order valence-electron chi connectivity index (χ4n) is 9.50. The molecule has 9 aromatic carbocycles. The van der Waals surface area contributed by atoms with Crippen LogP contribution in [0.4, 0.5) is 34.1 Å². The molecule has 2 heteroatoms. The summed E-state index contributed by atoms with van der Waals surface area (Å²) in [7, 11) is 0. The Hall–Kier alpha value is -6.90. The molecule has 0 radical (unpaired) electrons. The maximum atomic E-state index is 2.50. The van der Waals surface area contributed by atoms with Gasteiger partial charge in [-0.1, -0.05) is 167 Å². The Bertz CT molecular complexity index is 3030. The Morgan fingerprint density at radius 1 is 0.459 bits per heavy atom. The predicted molar refractivity (Wildman–Crippen MR) is 263 cm³/mol. The van der Waals surface area contributed by atoms with Crippen molar-refractivity contribution in [3.63, 3.8) is 0 Å². The molecule has 61 heavy (non-hydrogen) atoms. The molecular formula is C59H52N2. The molecule has 0 heterocycles. The van der Waals surface area contributed by atoms with Gasteiger partial charge in [0.25, 0.3) is 0 Å². The van der Waals surface area contributed by atoms with Crippen LogP contribution in [-0.2, 0) is 0 Å². The number of nitrogens with zero attached hydrogens (tertiary/aromatic N) is 2. The van der Waals surface area contributed by atoms with Gasteiger partial charge in [-0.25, -0.2) is 0 Å². The summed E-state index contributed by atoms with van der Waals surface area (Å²) in [6, 6.07) is 65.7. The normalized spacial score (nSPS) is 14.1. The van der Waals surface area contributed by atoms with Crippen LogP contribution >= 0.6 is 0 Å². The molecular weight excluding hydrogens is 737 g/mol. The molecule has 0 aromatic heterocycles. The number of hydrogen-bond acceptors (Lipinski definition) is 2. The topological polar surface area (TPSA) is 6.48 Å². The molecule has 0 bridgehead atoms. The molecule has 9 aromatic rings. The van der Waals surface area contributed by atoms with Gasteiger partial charge in [0.05, 0.1) is 11.4 Å². The van der Waals surface area contributed by atoms with Gasteiger partial charge in [-0.3, -0.25) is 0 Å². The molecule has 2 nitrogen and oxygen atoms in total. The van der Waals surface area contributed by atoms with Crippen molar-refractivity contribution < 1.29 is 0 Å². The van der Waals surface area contributed by atoms with Gasteiger partial charge in [0.1, 0.15) is 0 Å². The highest BCUT2D eigenvalue weighted by molar-refractivity contribution is 6.31. The summed E-state index contributed by atoms with van der Waals surface area (Å²) in [4.78, 5) is 4.95. The van der Waals surface area contributed by atoms with E-state index in [1.807, 2.05) is 0 Å². The van der Waals surface area contributed by atoms with E-state index < -0.39 is 0 Å². The van der Waals surface area contributed by atoms with Crippen molar-refractivity contribution in [2.24, 2.45) is 0 Å². The van der Waals surface area contributed by atoms with Gasteiger partial charge in [-0.2, -0.15) is 0 Å². The van der Waals surface area contributed by atoms with Crippen molar-refractivity contribution in [3.8, 4) is 11.1 Å². The van der Waals surface area contributed by atoms with E-state index in [1.54, 1.807) is 0 Å². The van der Waals surface area contributed by atoms with Gasteiger partial charge in [0, 0.05) is 44.8 Å². The molecule has 0 amide bonds. The smallest absolute Gasteiger partial charge is 0.0546 e. The maximum absolute atomic E-state index is 2.50. The van der Waals surface area contributed by atoms with Crippen molar-refractivity contribution in [1.82, 2.24) is 0 Å². The van der Waals surface area contributed by atoms with E-state index in [2.05, 4.69) is 239 Å². The summed E-state index contributed by atoms with van der Waals surface area (Å²) < 4.78 is 0. The molecule has 0 N–H and O–H groups in total.